The molecule has 0 aliphatic carbocycles. The molecule has 1 heterocycles. The van der Waals surface area contributed by atoms with E-state index in [1.165, 1.54) is 30.4 Å². The number of hydrogen-bond acceptors (Lipinski definition) is 3. The monoisotopic (exact) mass is 386 g/mol. The fourth-order valence-corrected chi connectivity index (χ4v) is 3.83. The van der Waals surface area contributed by atoms with Crippen LogP contribution in [0.1, 0.15) is 46.8 Å². The van der Waals surface area contributed by atoms with Crippen molar-refractivity contribution < 1.29 is 9.53 Å². The molecule has 1 saturated heterocycles. The molecule has 0 aromatic heterocycles. The lowest BCUT2D eigenvalue weighted by molar-refractivity contribution is 0.0924. The number of halogens is 1. The van der Waals surface area contributed by atoms with Crippen molar-refractivity contribution in [2.24, 2.45) is 0 Å². The molecule has 0 saturated carbocycles. The summed E-state index contributed by atoms with van der Waals surface area (Å²) in [5.74, 6) is 0.452. The van der Waals surface area contributed by atoms with E-state index in [2.05, 4.69) is 41.4 Å². The van der Waals surface area contributed by atoms with Gasteiger partial charge in [-0.15, -0.1) is 0 Å². The molecule has 144 valence electrons. The van der Waals surface area contributed by atoms with Crippen LogP contribution in [0.15, 0.2) is 42.5 Å². The van der Waals surface area contributed by atoms with Gasteiger partial charge < -0.3 is 10.1 Å². The van der Waals surface area contributed by atoms with Crippen LogP contribution in [0, 0.1) is 6.92 Å². The van der Waals surface area contributed by atoms with Gasteiger partial charge in [-0.05, 0) is 56.6 Å². The Morgan fingerprint density at radius 1 is 1.15 bits per heavy atom. The topological polar surface area (TPSA) is 41.6 Å². The van der Waals surface area contributed by atoms with Gasteiger partial charge in [-0.2, -0.15) is 0 Å². The lowest BCUT2D eigenvalue weighted by atomic mass is 10.0. The van der Waals surface area contributed by atoms with Gasteiger partial charge in [-0.25, -0.2) is 0 Å². The van der Waals surface area contributed by atoms with Crippen molar-refractivity contribution in [1.29, 1.82) is 0 Å². The summed E-state index contributed by atoms with van der Waals surface area (Å²) < 4.78 is 5.15. The summed E-state index contributed by atoms with van der Waals surface area (Å²) in [4.78, 5) is 15.1. The standard InChI is InChI=1S/C22H27ClN2O2/c1-16-6-8-17(9-7-16)20(25-12-4-3-5-13-25)15-24-22(26)18-10-11-21(27-2)19(23)14-18/h6-11,14,20H,3-5,12-13,15H2,1-2H3,(H,24,26). The first-order valence-electron chi connectivity index (χ1n) is 9.51. The number of nitrogens with zero attached hydrogens (tertiary/aromatic N) is 1. The van der Waals surface area contributed by atoms with Crippen molar-refractivity contribution in [3.63, 3.8) is 0 Å². The molecule has 1 fully saturated rings. The number of amides is 1. The second-order valence-corrected chi connectivity index (χ2v) is 7.49. The molecule has 0 spiro atoms. The number of carbonyl (C=O) groups is 1. The highest BCUT2D eigenvalue weighted by Crippen LogP contribution is 2.26. The van der Waals surface area contributed by atoms with E-state index in [1.54, 1.807) is 25.3 Å². The summed E-state index contributed by atoms with van der Waals surface area (Å²) in [7, 11) is 1.56. The van der Waals surface area contributed by atoms with Gasteiger partial charge in [0.25, 0.3) is 5.91 Å². The van der Waals surface area contributed by atoms with E-state index in [1.807, 2.05) is 0 Å². The molecule has 2 aromatic rings. The fourth-order valence-electron chi connectivity index (χ4n) is 3.58. The fraction of sp³-hybridized carbons (Fsp3) is 0.409. The van der Waals surface area contributed by atoms with Gasteiger partial charge in [0.1, 0.15) is 5.75 Å². The Kier molecular flexibility index (Phi) is 6.75. The van der Waals surface area contributed by atoms with E-state index < -0.39 is 0 Å². The first-order valence-corrected chi connectivity index (χ1v) is 9.88. The number of likely N-dealkylation sites (tertiary alicyclic amines) is 1. The minimum atomic E-state index is -0.117. The maximum absolute atomic E-state index is 12.6. The Balaban J connectivity index is 1.72. The molecule has 0 radical (unpaired) electrons. The SMILES string of the molecule is COc1ccc(C(=O)NCC(c2ccc(C)cc2)N2CCCCC2)cc1Cl. The molecule has 27 heavy (non-hydrogen) atoms. The summed E-state index contributed by atoms with van der Waals surface area (Å²) >= 11 is 6.16. The van der Waals surface area contributed by atoms with Gasteiger partial charge in [0, 0.05) is 12.1 Å². The molecule has 3 rings (SSSR count). The zero-order valence-corrected chi connectivity index (χ0v) is 16.8. The van der Waals surface area contributed by atoms with Crippen molar-refractivity contribution in [2.75, 3.05) is 26.7 Å². The van der Waals surface area contributed by atoms with Crippen LogP contribution in [0.3, 0.4) is 0 Å². The molecule has 1 unspecified atom stereocenters. The van der Waals surface area contributed by atoms with Crippen LogP contribution in [0.25, 0.3) is 0 Å². The lowest BCUT2D eigenvalue weighted by Gasteiger charge is -2.35. The van der Waals surface area contributed by atoms with Crippen molar-refractivity contribution in [1.82, 2.24) is 10.2 Å². The van der Waals surface area contributed by atoms with Crippen LogP contribution in [0.4, 0.5) is 0 Å². The summed E-state index contributed by atoms with van der Waals surface area (Å²) in [6.07, 6.45) is 3.71. The van der Waals surface area contributed by atoms with Crippen molar-refractivity contribution in [3.8, 4) is 5.75 Å². The molecule has 4 nitrogen and oxygen atoms in total. The molecule has 0 bridgehead atoms. The molecule has 2 aromatic carbocycles. The molecule has 1 N–H and O–H groups in total. The zero-order chi connectivity index (χ0) is 19.2. The van der Waals surface area contributed by atoms with E-state index in [9.17, 15) is 4.79 Å². The third kappa shape index (κ3) is 5.02. The number of hydrogen-bond donors (Lipinski definition) is 1. The number of aryl methyl sites for hydroxylation is 1. The summed E-state index contributed by atoms with van der Waals surface area (Å²) in [6.45, 7) is 4.81. The smallest absolute Gasteiger partial charge is 0.251 e. The van der Waals surface area contributed by atoms with Gasteiger partial charge in [0.15, 0.2) is 0 Å². The average molecular weight is 387 g/mol. The van der Waals surface area contributed by atoms with Crippen molar-refractivity contribution >= 4 is 17.5 Å². The largest absolute Gasteiger partial charge is 0.495 e. The average Bonchev–Trinajstić information content (AvgIpc) is 2.70. The summed E-state index contributed by atoms with van der Waals surface area (Å²) in [6, 6.07) is 13.9. The Labute approximate surface area is 166 Å². The number of rotatable bonds is 6. The highest BCUT2D eigenvalue weighted by atomic mass is 35.5. The molecular weight excluding hydrogens is 360 g/mol. The van der Waals surface area contributed by atoms with Crippen LogP contribution in [0.2, 0.25) is 5.02 Å². The number of methoxy groups -OCH3 is 1. The number of carbonyl (C=O) groups excluding carboxylic acids is 1. The number of ether oxygens (including phenoxy) is 1. The van der Waals surface area contributed by atoms with Gasteiger partial charge >= 0.3 is 0 Å². The van der Waals surface area contributed by atoms with E-state index in [4.69, 9.17) is 16.3 Å². The second-order valence-electron chi connectivity index (χ2n) is 7.08. The maximum atomic E-state index is 12.6. The molecular formula is C22H27ClN2O2. The molecule has 1 amide bonds. The zero-order valence-electron chi connectivity index (χ0n) is 16.0. The number of nitrogens with one attached hydrogen (secondary N) is 1. The Bertz CT molecular complexity index is 770. The summed E-state index contributed by atoms with van der Waals surface area (Å²) in [5, 5.41) is 3.54. The van der Waals surface area contributed by atoms with Crippen LogP contribution in [0.5, 0.6) is 5.75 Å². The predicted molar refractivity (Wildman–Crippen MR) is 110 cm³/mol. The number of piperidine rings is 1. The van der Waals surface area contributed by atoms with E-state index in [-0.39, 0.29) is 11.9 Å². The van der Waals surface area contributed by atoms with Crippen LogP contribution in [-0.4, -0.2) is 37.6 Å². The second kappa shape index (κ2) is 9.25. The van der Waals surface area contributed by atoms with Gasteiger partial charge in [-0.3, -0.25) is 9.69 Å². The quantitative estimate of drug-likeness (QED) is 0.787. The number of benzene rings is 2. The van der Waals surface area contributed by atoms with Gasteiger partial charge in [0.2, 0.25) is 0 Å². The first-order chi connectivity index (χ1) is 13.1. The molecule has 1 aliphatic rings. The van der Waals surface area contributed by atoms with Gasteiger partial charge in [0.05, 0.1) is 18.2 Å². The molecule has 1 atom stereocenters. The molecule has 1 aliphatic heterocycles. The van der Waals surface area contributed by atoms with E-state index in [0.717, 1.165) is 13.1 Å². The van der Waals surface area contributed by atoms with E-state index in [0.29, 0.717) is 22.9 Å². The minimum Gasteiger partial charge on any atom is -0.495 e. The van der Waals surface area contributed by atoms with Crippen molar-refractivity contribution in [3.05, 3.63) is 64.2 Å². The maximum Gasteiger partial charge on any atom is 0.251 e. The first kappa shape index (κ1) is 19.7. The normalized spacial score (nSPS) is 16.0. The highest BCUT2D eigenvalue weighted by molar-refractivity contribution is 6.32. The van der Waals surface area contributed by atoms with Crippen LogP contribution < -0.4 is 10.1 Å². The molecule has 5 heteroatoms. The third-order valence-corrected chi connectivity index (χ3v) is 5.46. The van der Waals surface area contributed by atoms with Crippen molar-refractivity contribution in [2.45, 2.75) is 32.2 Å². The predicted octanol–water partition coefficient (Wildman–Crippen LogP) is 4.61. The Hall–Kier alpha value is -2.04. The van der Waals surface area contributed by atoms with Crippen LogP contribution >= 0.6 is 11.6 Å². The Morgan fingerprint density at radius 3 is 2.48 bits per heavy atom. The summed E-state index contributed by atoms with van der Waals surface area (Å²) in [5.41, 5.74) is 3.03. The van der Waals surface area contributed by atoms with E-state index >= 15 is 0 Å². The minimum absolute atomic E-state index is 0.117. The van der Waals surface area contributed by atoms with Crippen LogP contribution in [-0.2, 0) is 0 Å². The third-order valence-electron chi connectivity index (χ3n) is 5.16. The lowest BCUT2D eigenvalue weighted by Crippen LogP contribution is -2.40. The Morgan fingerprint density at radius 2 is 1.85 bits per heavy atom. The van der Waals surface area contributed by atoms with Gasteiger partial charge in [-0.1, -0.05) is 47.9 Å². The highest BCUT2D eigenvalue weighted by Gasteiger charge is 2.23.